The van der Waals surface area contributed by atoms with Crippen molar-refractivity contribution in [2.45, 2.75) is 32.5 Å². The maximum Gasteiger partial charge on any atom is 0.433 e. The highest BCUT2D eigenvalue weighted by molar-refractivity contribution is 5.72. The van der Waals surface area contributed by atoms with Gasteiger partial charge in [-0.15, -0.1) is 0 Å². The predicted molar refractivity (Wildman–Crippen MR) is 62.4 cm³/mol. The molecule has 0 bridgehead atoms. The first kappa shape index (κ1) is 17.3. The fourth-order valence-corrected chi connectivity index (χ4v) is 1.75. The molecule has 1 aromatic rings. The molecular weight excluding hydrogens is 299 g/mol. The van der Waals surface area contributed by atoms with E-state index in [1.165, 1.54) is 6.92 Å². The van der Waals surface area contributed by atoms with E-state index in [1.807, 2.05) is 0 Å². The van der Waals surface area contributed by atoms with Gasteiger partial charge in [0.05, 0.1) is 24.3 Å². The number of halogens is 5. The quantitative estimate of drug-likeness (QED) is 0.670. The van der Waals surface area contributed by atoms with Gasteiger partial charge in [0.2, 0.25) is 0 Å². The summed E-state index contributed by atoms with van der Waals surface area (Å²) in [6, 6.07) is 0.966. The first-order valence-electron chi connectivity index (χ1n) is 5.94. The highest BCUT2D eigenvalue weighted by Gasteiger charge is 2.39. The van der Waals surface area contributed by atoms with Crippen LogP contribution in [0.15, 0.2) is 6.07 Å². The van der Waals surface area contributed by atoms with Gasteiger partial charge >= 0.3 is 12.1 Å². The van der Waals surface area contributed by atoms with Gasteiger partial charge < -0.3 is 10.5 Å². The number of pyridine rings is 1. The molecule has 0 fully saturated rings. The Kier molecular flexibility index (Phi) is 5.59. The molecule has 1 rings (SSSR count). The number of carbonyl (C=O) groups is 1. The Morgan fingerprint density at radius 1 is 1.43 bits per heavy atom. The van der Waals surface area contributed by atoms with E-state index in [2.05, 4.69) is 9.72 Å². The van der Waals surface area contributed by atoms with Crippen molar-refractivity contribution >= 4 is 5.97 Å². The van der Waals surface area contributed by atoms with E-state index >= 15 is 0 Å². The third kappa shape index (κ3) is 4.35. The molecule has 118 valence electrons. The number of hydrogen-bond acceptors (Lipinski definition) is 4. The molecule has 0 aliphatic heterocycles. The summed E-state index contributed by atoms with van der Waals surface area (Å²) in [5.74, 6) is -0.800. The lowest BCUT2D eigenvalue weighted by Gasteiger charge is -2.16. The zero-order valence-corrected chi connectivity index (χ0v) is 11.0. The monoisotopic (exact) mass is 312 g/mol. The molecule has 4 nitrogen and oxygen atoms in total. The molecule has 0 aliphatic rings. The van der Waals surface area contributed by atoms with Gasteiger partial charge in [-0.25, -0.2) is 13.8 Å². The second-order valence-electron chi connectivity index (χ2n) is 4.02. The second-order valence-corrected chi connectivity index (χ2v) is 4.02. The number of nitrogens with two attached hydrogens (primary N) is 1. The number of esters is 1. The van der Waals surface area contributed by atoms with Gasteiger partial charge in [0, 0.05) is 6.54 Å². The van der Waals surface area contributed by atoms with Crippen LogP contribution in [0.5, 0.6) is 0 Å². The Balaban J connectivity index is 3.34. The SMILES string of the molecule is CCOC(=O)Cc1cc(CN)c(C(F)F)c(C(F)(F)F)n1. The molecule has 0 atom stereocenters. The summed E-state index contributed by atoms with van der Waals surface area (Å²) in [7, 11) is 0. The predicted octanol–water partition coefficient (Wildman–Crippen LogP) is 2.60. The fourth-order valence-electron chi connectivity index (χ4n) is 1.75. The summed E-state index contributed by atoms with van der Waals surface area (Å²) >= 11 is 0. The van der Waals surface area contributed by atoms with Crippen LogP contribution >= 0.6 is 0 Å². The molecule has 1 aromatic heterocycles. The number of hydrogen-bond donors (Lipinski definition) is 1. The van der Waals surface area contributed by atoms with Gasteiger partial charge in [-0.2, -0.15) is 13.2 Å². The van der Waals surface area contributed by atoms with Gasteiger partial charge in [-0.05, 0) is 18.6 Å². The van der Waals surface area contributed by atoms with Crippen LogP contribution in [0.4, 0.5) is 22.0 Å². The molecule has 0 saturated carbocycles. The molecule has 0 amide bonds. The third-order valence-corrected chi connectivity index (χ3v) is 2.53. The standard InChI is InChI=1S/C12H13F5N2O2/c1-2-21-8(20)4-7-3-6(5-18)9(11(13)14)10(19-7)12(15,16)17/h3,11H,2,4-5,18H2,1H3. The zero-order chi connectivity index (χ0) is 16.2. The van der Waals surface area contributed by atoms with Gasteiger partial charge in [0.1, 0.15) is 0 Å². The lowest BCUT2D eigenvalue weighted by Crippen LogP contribution is -2.19. The van der Waals surface area contributed by atoms with E-state index in [4.69, 9.17) is 5.73 Å². The summed E-state index contributed by atoms with van der Waals surface area (Å²) in [5.41, 5.74) is 1.53. The van der Waals surface area contributed by atoms with Crippen molar-refractivity contribution in [1.82, 2.24) is 4.98 Å². The molecule has 0 unspecified atom stereocenters. The van der Waals surface area contributed by atoms with Crippen molar-refractivity contribution < 1.29 is 31.5 Å². The minimum absolute atomic E-state index is 0.0455. The van der Waals surface area contributed by atoms with Gasteiger partial charge in [0.15, 0.2) is 5.69 Å². The first-order chi connectivity index (χ1) is 9.70. The summed E-state index contributed by atoms with van der Waals surface area (Å²) in [5, 5.41) is 0. The van der Waals surface area contributed by atoms with Crippen LogP contribution in [-0.2, 0) is 28.7 Å². The van der Waals surface area contributed by atoms with Crippen LogP contribution in [0.3, 0.4) is 0 Å². The van der Waals surface area contributed by atoms with Gasteiger partial charge in [-0.1, -0.05) is 0 Å². The lowest BCUT2D eigenvalue weighted by molar-refractivity contribution is -0.145. The molecule has 9 heteroatoms. The molecule has 21 heavy (non-hydrogen) atoms. The first-order valence-corrected chi connectivity index (χ1v) is 5.94. The molecule has 1 heterocycles. The molecular formula is C12H13F5N2O2. The molecule has 2 N–H and O–H groups in total. The van der Waals surface area contributed by atoms with Crippen molar-refractivity contribution in [2.24, 2.45) is 5.73 Å². The summed E-state index contributed by atoms with van der Waals surface area (Å²) in [6.45, 7) is 1.04. The highest BCUT2D eigenvalue weighted by Crippen LogP contribution is 2.37. The number of rotatable bonds is 5. The Labute approximate surface area is 117 Å². The van der Waals surface area contributed by atoms with E-state index in [1.54, 1.807) is 0 Å². The Bertz CT molecular complexity index is 517. The second kappa shape index (κ2) is 6.79. The van der Waals surface area contributed by atoms with E-state index < -0.39 is 48.4 Å². The molecule has 0 spiro atoms. The number of ether oxygens (including phenoxy) is 1. The Morgan fingerprint density at radius 2 is 2.05 bits per heavy atom. The zero-order valence-electron chi connectivity index (χ0n) is 11.0. The highest BCUT2D eigenvalue weighted by atomic mass is 19.4. The number of carbonyl (C=O) groups excluding carboxylic acids is 1. The lowest BCUT2D eigenvalue weighted by atomic mass is 10.0. The van der Waals surface area contributed by atoms with Crippen molar-refractivity contribution in [1.29, 1.82) is 0 Å². The molecule has 0 saturated heterocycles. The van der Waals surface area contributed by atoms with E-state index in [0.29, 0.717) is 0 Å². The maximum absolute atomic E-state index is 12.8. The van der Waals surface area contributed by atoms with Crippen molar-refractivity contribution in [3.63, 3.8) is 0 Å². The van der Waals surface area contributed by atoms with Crippen molar-refractivity contribution in [3.8, 4) is 0 Å². The third-order valence-electron chi connectivity index (χ3n) is 2.53. The Morgan fingerprint density at radius 3 is 2.48 bits per heavy atom. The summed E-state index contributed by atoms with van der Waals surface area (Å²) in [4.78, 5) is 14.4. The van der Waals surface area contributed by atoms with Gasteiger partial charge in [0.25, 0.3) is 6.43 Å². The molecule has 0 aliphatic carbocycles. The van der Waals surface area contributed by atoms with Crippen LogP contribution in [-0.4, -0.2) is 17.6 Å². The van der Waals surface area contributed by atoms with Crippen molar-refractivity contribution in [3.05, 3.63) is 28.6 Å². The smallest absolute Gasteiger partial charge is 0.433 e. The number of alkyl halides is 5. The van der Waals surface area contributed by atoms with Crippen molar-refractivity contribution in [2.75, 3.05) is 6.61 Å². The minimum Gasteiger partial charge on any atom is -0.466 e. The maximum atomic E-state index is 12.8. The van der Waals surface area contributed by atoms with Crippen LogP contribution in [0.1, 0.15) is 35.9 Å². The van der Waals surface area contributed by atoms with Crippen LogP contribution in [0.25, 0.3) is 0 Å². The van der Waals surface area contributed by atoms with Crippen LogP contribution in [0.2, 0.25) is 0 Å². The van der Waals surface area contributed by atoms with Crippen LogP contribution < -0.4 is 5.73 Å². The fraction of sp³-hybridized carbons (Fsp3) is 0.500. The van der Waals surface area contributed by atoms with E-state index in [9.17, 15) is 26.7 Å². The Hall–Kier alpha value is -1.77. The minimum atomic E-state index is -5.07. The average Bonchev–Trinajstić information content (AvgIpc) is 2.36. The van der Waals surface area contributed by atoms with E-state index in [0.717, 1.165) is 6.07 Å². The largest absolute Gasteiger partial charge is 0.466 e. The average molecular weight is 312 g/mol. The van der Waals surface area contributed by atoms with E-state index in [-0.39, 0.29) is 12.3 Å². The molecule has 0 radical (unpaired) electrons. The van der Waals surface area contributed by atoms with Gasteiger partial charge in [-0.3, -0.25) is 4.79 Å². The topological polar surface area (TPSA) is 65.2 Å². The molecule has 0 aromatic carbocycles. The summed E-state index contributed by atoms with van der Waals surface area (Å²) in [6.07, 6.45) is -8.99. The number of nitrogens with zero attached hydrogens (tertiary/aromatic N) is 1. The number of aromatic nitrogens is 1. The normalized spacial score (nSPS) is 11.8. The summed E-state index contributed by atoms with van der Waals surface area (Å²) < 4.78 is 68.8. The van der Waals surface area contributed by atoms with Crippen LogP contribution in [0, 0.1) is 0 Å².